The van der Waals surface area contributed by atoms with Crippen LogP contribution in [0.4, 0.5) is 0 Å². The molecule has 2 heterocycles. The average Bonchev–Trinajstić information content (AvgIpc) is 3.15. The van der Waals surface area contributed by atoms with E-state index in [9.17, 15) is 9.59 Å². The molecule has 4 rings (SSSR count). The maximum atomic E-state index is 12.5. The molecule has 0 atom stereocenters. The molecule has 1 N–H and O–H groups in total. The molecule has 1 aliphatic heterocycles. The lowest BCUT2D eigenvalue weighted by atomic mass is 9.95. The second-order valence-electron chi connectivity index (χ2n) is 7.46. The van der Waals surface area contributed by atoms with E-state index in [0.29, 0.717) is 29.7 Å². The third kappa shape index (κ3) is 4.41. The quantitative estimate of drug-likeness (QED) is 0.678. The number of piperidine rings is 1. The van der Waals surface area contributed by atoms with Crippen LogP contribution in [-0.4, -0.2) is 45.3 Å². The molecule has 0 bridgehead atoms. The molecule has 0 radical (unpaired) electrons. The molecule has 1 fully saturated rings. The molecule has 0 saturated carbocycles. The molecule has 8 heteroatoms. The number of hydrogen-bond acceptors (Lipinski definition) is 4. The van der Waals surface area contributed by atoms with Gasteiger partial charge >= 0.3 is 5.69 Å². The number of nitrogens with one attached hydrogen (secondary N) is 1. The summed E-state index contributed by atoms with van der Waals surface area (Å²) in [6.45, 7) is 3.19. The third-order valence-corrected chi connectivity index (χ3v) is 5.63. The second-order valence-corrected chi connectivity index (χ2v) is 7.89. The summed E-state index contributed by atoms with van der Waals surface area (Å²) in [5, 5.41) is 7.47. The summed E-state index contributed by atoms with van der Waals surface area (Å²) in [7, 11) is 0. The van der Waals surface area contributed by atoms with E-state index in [1.165, 1.54) is 0 Å². The molecular formula is C22H23ClN4O3. The van der Waals surface area contributed by atoms with Crippen LogP contribution < -0.4 is 10.4 Å². The van der Waals surface area contributed by atoms with Gasteiger partial charge in [0.25, 0.3) is 5.91 Å². The van der Waals surface area contributed by atoms with E-state index in [2.05, 4.69) is 10.2 Å². The summed E-state index contributed by atoms with van der Waals surface area (Å²) in [4.78, 5) is 26.6. The number of carbonyl (C=O) groups is 1. The molecule has 3 aromatic rings. The van der Waals surface area contributed by atoms with Crippen molar-refractivity contribution in [1.29, 1.82) is 0 Å². The highest BCUT2D eigenvalue weighted by Crippen LogP contribution is 2.27. The van der Waals surface area contributed by atoms with Gasteiger partial charge in [-0.05, 0) is 56.2 Å². The summed E-state index contributed by atoms with van der Waals surface area (Å²) in [6.07, 6.45) is 1.48. The van der Waals surface area contributed by atoms with Crippen LogP contribution in [0.1, 0.15) is 30.1 Å². The van der Waals surface area contributed by atoms with Crippen molar-refractivity contribution in [2.24, 2.45) is 0 Å². The van der Waals surface area contributed by atoms with Crippen molar-refractivity contribution in [3.63, 3.8) is 0 Å². The van der Waals surface area contributed by atoms with Crippen molar-refractivity contribution in [2.75, 3.05) is 19.7 Å². The first kappa shape index (κ1) is 20.2. The number of aromatic amines is 1. The minimum atomic E-state index is -0.247. The van der Waals surface area contributed by atoms with E-state index in [-0.39, 0.29) is 24.1 Å². The average molecular weight is 427 g/mol. The molecule has 0 unspecified atom stereocenters. The predicted octanol–water partition coefficient (Wildman–Crippen LogP) is 3.31. The minimum Gasteiger partial charge on any atom is -0.484 e. The summed E-state index contributed by atoms with van der Waals surface area (Å²) in [5.74, 6) is 1.38. The van der Waals surface area contributed by atoms with Gasteiger partial charge < -0.3 is 9.64 Å². The van der Waals surface area contributed by atoms with Gasteiger partial charge in [0, 0.05) is 24.0 Å². The number of hydrogen-bond donors (Lipinski definition) is 1. The molecule has 0 spiro atoms. The molecule has 0 aliphatic carbocycles. The molecule has 1 saturated heterocycles. The van der Waals surface area contributed by atoms with Crippen molar-refractivity contribution in [3.05, 3.63) is 75.4 Å². The first-order valence-corrected chi connectivity index (χ1v) is 10.3. The maximum absolute atomic E-state index is 12.5. The Morgan fingerprint density at radius 3 is 2.47 bits per heavy atom. The predicted molar refractivity (Wildman–Crippen MR) is 114 cm³/mol. The van der Waals surface area contributed by atoms with Gasteiger partial charge in [-0.15, -0.1) is 0 Å². The van der Waals surface area contributed by atoms with Crippen molar-refractivity contribution in [3.8, 4) is 11.4 Å². The Labute approximate surface area is 179 Å². The number of halogens is 1. The van der Waals surface area contributed by atoms with E-state index < -0.39 is 0 Å². The largest absolute Gasteiger partial charge is 0.484 e. The van der Waals surface area contributed by atoms with Gasteiger partial charge in [0.15, 0.2) is 6.61 Å². The van der Waals surface area contributed by atoms with Crippen LogP contribution in [0.5, 0.6) is 5.75 Å². The molecule has 156 valence electrons. The van der Waals surface area contributed by atoms with E-state index in [0.717, 1.165) is 24.1 Å². The van der Waals surface area contributed by atoms with Gasteiger partial charge in [-0.2, -0.15) is 5.10 Å². The Balaban J connectivity index is 1.38. The van der Waals surface area contributed by atoms with E-state index in [1.54, 1.807) is 33.7 Å². The summed E-state index contributed by atoms with van der Waals surface area (Å²) >= 11 is 5.86. The molecule has 1 aliphatic rings. The van der Waals surface area contributed by atoms with Crippen molar-refractivity contribution in [1.82, 2.24) is 19.7 Å². The Kier molecular flexibility index (Phi) is 5.90. The number of carbonyl (C=O) groups excluding carboxylic acids is 1. The molecule has 7 nitrogen and oxygen atoms in total. The highest BCUT2D eigenvalue weighted by Gasteiger charge is 2.28. The smallest absolute Gasteiger partial charge is 0.347 e. The lowest BCUT2D eigenvalue weighted by Crippen LogP contribution is -2.41. The number of benzene rings is 2. The number of aromatic nitrogens is 3. The molecule has 1 amide bonds. The fourth-order valence-electron chi connectivity index (χ4n) is 3.68. The molecular weight excluding hydrogens is 404 g/mol. The zero-order valence-corrected chi connectivity index (χ0v) is 17.4. The summed E-state index contributed by atoms with van der Waals surface area (Å²) in [5.41, 5.74) is 1.68. The Bertz CT molecular complexity index is 1070. The topological polar surface area (TPSA) is 80.2 Å². The normalized spacial score (nSPS) is 14.7. The number of ether oxygens (including phenoxy) is 1. The van der Waals surface area contributed by atoms with Gasteiger partial charge in [-0.25, -0.2) is 14.5 Å². The zero-order chi connectivity index (χ0) is 21.1. The fraction of sp³-hybridized carbons (Fsp3) is 0.318. The first-order chi connectivity index (χ1) is 14.5. The van der Waals surface area contributed by atoms with Crippen LogP contribution >= 0.6 is 11.6 Å². The van der Waals surface area contributed by atoms with Crippen molar-refractivity contribution in [2.45, 2.75) is 25.7 Å². The van der Waals surface area contributed by atoms with Crippen molar-refractivity contribution >= 4 is 17.5 Å². The van der Waals surface area contributed by atoms with Gasteiger partial charge in [-0.1, -0.05) is 29.3 Å². The summed E-state index contributed by atoms with van der Waals surface area (Å²) in [6, 6.07) is 14.7. The van der Waals surface area contributed by atoms with Crippen LogP contribution in [0.3, 0.4) is 0 Å². The fourth-order valence-corrected chi connectivity index (χ4v) is 3.81. The Hall–Kier alpha value is -3.06. The Morgan fingerprint density at radius 2 is 1.80 bits per heavy atom. The number of aryl methyl sites for hydroxylation is 1. The highest BCUT2D eigenvalue weighted by molar-refractivity contribution is 6.30. The Morgan fingerprint density at radius 1 is 1.13 bits per heavy atom. The van der Waals surface area contributed by atoms with Crippen LogP contribution in [0.15, 0.2) is 53.3 Å². The van der Waals surface area contributed by atoms with E-state index in [4.69, 9.17) is 16.3 Å². The highest BCUT2D eigenvalue weighted by atomic mass is 35.5. The molecule has 2 aromatic carbocycles. The zero-order valence-electron chi connectivity index (χ0n) is 16.7. The molecule has 30 heavy (non-hydrogen) atoms. The standard InChI is InChI=1S/C22H23ClN4O3/c1-15-2-6-18(7-3-15)27-21(24-25-22(27)29)16-10-12-26(13-11-16)20(28)14-30-19-8-4-17(23)5-9-19/h2-9,16H,10-14H2,1H3,(H,25,29). The minimum absolute atomic E-state index is 0.0111. The summed E-state index contributed by atoms with van der Waals surface area (Å²) < 4.78 is 7.19. The van der Waals surface area contributed by atoms with Crippen molar-refractivity contribution < 1.29 is 9.53 Å². The van der Waals surface area contributed by atoms with Gasteiger partial charge in [0.05, 0.1) is 5.69 Å². The van der Waals surface area contributed by atoms with Gasteiger partial charge in [0.2, 0.25) is 0 Å². The van der Waals surface area contributed by atoms with Gasteiger partial charge in [-0.3, -0.25) is 4.79 Å². The maximum Gasteiger partial charge on any atom is 0.347 e. The monoisotopic (exact) mass is 426 g/mol. The number of H-pyrrole nitrogens is 1. The number of amides is 1. The number of likely N-dealkylation sites (tertiary alicyclic amines) is 1. The molecule has 1 aromatic heterocycles. The second kappa shape index (κ2) is 8.75. The number of nitrogens with zero attached hydrogens (tertiary/aromatic N) is 3. The number of rotatable bonds is 5. The van der Waals surface area contributed by atoms with Crippen LogP contribution in [0, 0.1) is 6.92 Å². The van der Waals surface area contributed by atoms with Crippen LogP contribution in [0.25, 0.3) is 5.69 Å². The van der Waals surface area contributed by atoms with Crippen LogP contribution in [-0.2, 0) is 4.79 Å². The van der Waals surface area contributed by atoms with E-state index in [1.807, 2.05) is 31.2 Å². The van der Waals surface area contributed by atoms with Crippen LogP contribution in [0.2, 0.25) is 5.02 Å². The lowest BCUT2D eigenvalue weighted by Gasteiger charge is -2.31. The van der Waals surface area contributed by atoms with E-state index >= 15 is 0 Å². The SMILES string of the molecule is Cc1ccc(-n2c(C3CCN(C(=O)COc4ccc(Cl)cc4)CC3)n[nH]c2=O)cc1. The van der Waals surface area contributed by atoms with Gasteiger partial charge in [0.1, 0.15) is 11.6 Å². The lowest BCUT2D eigenvalue weighted by molar-refractivity contribution is -0.134. The first-order valence-electron chi connectivity index (χ1n) is 9.92. The third-order valence-electron chi connectivity index (χ3n) is 5.38.